The van der Waals surface area contributed by atoms with E-state index in [1.807, 2.05) is 12.1 Å². The van der Waals surface area contributed by atoms with Crippen LogP contribution in [0.15, 0.2) is 22.8 Å². The molecule has 66 valence electrons. The molecule has 0 unspecified atom stereocenters. The van der Waals surface area contributed by atoms with Crippen LogP contribution in [0.1, 0.15) is 5.76 Å². The van der Waals surface area contributed by atoms with Gasteiger partial charge in [0.25, 0.3) is 0 Å². The Labute approximate surface area is 72.1 Å². The number of hydrogen-bond acceptors (Lipinski definition) is 3. The average molecular weight is 166 g/mol. The van der Waals surface area contributed by atoms with Crippen LogP contribution in [0.25, 0.3) is 0 Å². The minimum atomic E-state index is 0.0955. The molecule has 0 aliphatic carbocycles. The van der Waals surface area contributed by atoms with Crippen molar-refractivity contribution in [2.75, 3.05) is 26.7 Å². The molecule has 0 amide bonds. The van der Waals surface area contributed by atoms with Crippen LogP contribution in [-0.4, -0.2) is 31.6 Å². The summed E-state index contributed by atoms with van der Waals surface area (Å²) >= 11 is 0. The van der Waals surface area contributed by atoms with Crippen molar-refractivity contribution in [3.63, 3.8) is 0 Å². The predicted molar refractivity (Wildman–Crippen MR) is 46.9 cm³/mol. The molecule has 2 rings (SSSR count). The summed E-state index contributed by atoms with van der Waals surface area (Å²) in [7, 11) is 2.09. The maximum absolute atomic E-state index is 5.74. The molecule has 12 heavy (non-hydrogen) atoms. The van der Waals surface area contributed by atoms with E-state index in [1.165, 1.54) is 0 Å². The van der Waals surface area contributed by atoms with Gasteiger partial charge >= 0.3 is 0 Å². The Morgan fingerprint density at radius 1 is 1.67 bits per heavy atom. The largest absolute Gasteiger partial charge is 0.469 e. The van der Waals surface area contributed by atoms with Gasteiger partial charge in [-0.2, -0.15) is 0 Å². The lowest BCUT2D eigenvalue weighted by Gasteiger charge is -2.46. The Morgan fingerprint density at radius 2 is 2.42 bits per heavy atom. The number of rotatable bonds is 2. The second kappa shape index (κ2) is 2.61. The number of likely N-dealkylation sites (N-methyl/N-ethyl adjacent to an activating group) is 1. The van der Waals surface area contributed by atoms with E-state index in [0.29, 0.717) is 6.54 Å². The molecule has 0 atom stereocenters. The second-order valence-corrected chi connectivity index (χ2v) is 3.63. The number of nitrogens with zero attached hydrogens (tertiary/aromatic N) is 1. The molecule has 1 fully saturated rings. The molecule has 1 saturated heterocycles. The Kier molecular flexibility index (Phi) is 1.70. The van der Waals surface area contributed by atoms with Crippen molar-refractivity contribution in [1.29, 1.82) is 0 Å². The van der Waals surface area contributed by atoms with Crippen molar-refractivity contribution >= 4 is 0 Å². The molecule has 0 radical (unpaired) electrons. The number of hydrogen-bond donors (Lipinski definition) is 1. The highest BCUT2D eigenvalue weighted by Crippen LogP contribution is 2.32. The minimum Gasteiger partial charge on any atom is -0.469 e. The van der Waals surface area contributed by atoms with Crippen molar-refractivity contribution < 1.29 is 4.42 Å². The predicted octanol–water partition coefficient (Wildman–Crippen LogP) is 0.421. The highest BCUT2D eigenvalue weighted by Gasteiger charge is 2.43. The zero-order chi connectivity index (χ0) is 8.60. The molecular formula is C9H14N2O. The van der Waals surface area contributed by atoms with E-state index in [0.717, 1.165) is 18.8 Å². The zero-order valence-electron chi connectivity index (χ0n) is 7.29. The maximum Gasteiger partial charge on any atom is 0.113 e. The van der Waals surface area contributed by atoms with Gasteiger partial charge in [-0.1, -0.05) is 0 Å². The molecule has 2 heterocycles. The van der Waals surface area contributed by atoms with Crippen LogP contribution >= 0.6 is 0 Å². The second-order valence-electron chi connectivity index (χ2n) is 3.63. The number of likely N-dealkylation sites (tertiary alicyclic amines) is 1. The normalized spacial score (nSPS) is 22.2. The van der Waals surface area contributed by atoms with Gasteiger partial charge in [-0.15, -0.1) is 0 Å². The molecular weight excluding hydrogens is 152 g/mol. The Morgan fingerprint density at radius 3 is 2.83 bits per heavy atom. The van der Waals surface area contributed by atoms with Crippen molar-refractivity contribution in [2.45, 2.75) is 5.41 Å². The number of nitrogens with two attached hydrogens (primary N) is 1. The summed E-state index contributed by atoms with van der Waals surface area (Å²) in [6, 6.07) is 3.94. The van der Waals surface area contributed by atoms with E-state index in [1.54, 1.807) is 6.26 Å². The van der Waals surface area contributed by atoms with Crippen LogP contribution in [0.5, 0.6) is 0 Å². The third-order valence-corrected chi connectivity index (χ3v) is 2.58. The topological polar surface area (TPSA) is 42.4 Å². The lowest BCUT2D eigenvalue weighted by molar-refractivity contribution is 0.0809. The van der Waals surface area contributed by atoms with Crippen LogP contribution < -0.4 is 5.73 Å². The first-order chi connectivity index (χ1) is 5.77. The first kappa shape index (κ1) is 7.83. The lowest BCUT2D eigenvalue weighted by atomic mass is 9.78. The first-order valence-electron chi connectivity index (χ1n) is 4.19. The van der Waals surface area contributed by atoms with Gasteiger partial charge in [0.05, 0.1) is 11.7 Å². The standard InChI is InChI=1S/C9H14N2O/c1-11-6-9(5-10,7-11)8-3-2-4-12-8/h2-4H,5-7,10H2,1H3. The molecule has 0 spiro atoms. The Hall–Kier alpha value is -0.800. The van der Waals surface area contributed by atoms with Crippen LogP contribution in [-0.2, 0) is 5.41 Å². The summed E-state index contributed by atoms with van der Waals surface area (Å²) in [5, 5.41) is 0. The SMILES string of the molecule is CN1CC(CN)(c2ccco2)C1. The highest BCUT2D eigenvalue weighted by molar-refractivity contribution is 5.21. The lowest BCUT2D eigenvalue weighted by Crippen LogP contribution is -2.61. The van der Waals surface area contributed by atoms with Gasteiger partial charge in [0.1, 0.15) is 5.76 Å². The molecule has 3 heteroatoms. The molecule has 0 bridgehead atoms. The van der Waals surface area contributed by atoms with Crippen molar-refractivity contribution in [2.24, 2.45) is 5.73 Å². The van der Waals surface area contributed by atoms with E-state index in [9.17, 15) is 0 Å². The first-order valence-corrected chi connectivity index (χ1v) is 4.19. The average Bonchev–Trinajstić information content (AvgIpc) is 2.50. The fourth-order valence-electron chi connectivity index (χ4n) is 1.95. The monoisotopic (exact) mass is 166 g/mol. The van der Waals surface area contributed by atoms with Crippen LogP contribution in [0.4, 0.5) is 0 Å². The molecule has 1 aliphatic heterocycles. The van der Waals surface area contributed by atoms with Gasteiger partial charge in [-0.25, -0.2) is 0 Å². The third-order valence-electron chi connectivity index (χ3n) is 2.58. The van der Waals surface area contributed by atoms with Crippen LogP contribution in [0, 0.1) is 0 Å². The summed E-state index contributed by atoms with van der Waals surface area (Å²) < 4.78 is 5.37. The summed E-state index contributed by atoms with van der Waals surface area (Å²) in [4.78, 5) is 2.25. The van der Waals surface area contributed by atoms with Crippen LogP contribution in [0.2, 0.25) is 0 Å². The van der Waals surface area contributed by atoms with E-state index >= 15 is 0 Å². The third kappa shape index (κ3) is 0.974. The minimum absolute atomic E-state index is 0.0955. The van der Waals surface area contributed by atoms with E-state index in [4.69, 9.17) is 10.2 Å². The van der Waals surface area contributed by atoms with Gasteiger partial charge < -0.3 is 15.1 Å². The highest BCUT2D eigenvalue weighted by atomic mass is 16.3. The van der Waals surface area contributed by atoms with Crippen molar-refractivity contribution in [3.8, 4) is 0 Å². The summed E-state index contributed by atoms with van der Waals surface area (Å²) in [6.45, 7) is 2.69. The molecule has 3 nitrogen and oxygen atoms in total. The van der Waals surface area contributed by atoms with Gasteiger partial charge in [0, 0.05) is 19.6 Å². The van der Waals surface area contributed by atoms with Gasteiger partial charge in [0.2, 0.25) is 0 Å². The zero-order valence-corrected chi connectivity index (χ0v) is 7.29. The van der Waals surface area contributed by atoms with E-state index in [-0.39, 0.29) is 5.41 Å². The molecule has 0 saturated carbocycles. The van der Waals surface area contributed by atoms with Gasteiger partial charge in [-0.05, 0) is 19.2 Å². The van der Waals surface area contributed by atoms with Crippen LogP contribution in [0.3, 0.4) is 0 Å². The maximum atomic E-state index is 5.74. The summed E-state index contributed by atoms with van der Waals surface area (Å²) in [5.74, 6) is 1.03. The molecule has 1 aromatic heterocycles. The van der Waals surface area contributed by atoms with Gasteiger partial charge in [-0.3, -0.25) is 0 Å². The fraction of sp³-hybridized carbons (Fsp3) is 0.556. The molecule has 0 aromatic carbocycles. The van der Waals surface area contributed by atoms with E-state index in [2.05, 4.69) is 11.9 Å². The Balaban J connectivity index is 2.20. The smallest absolute Gasteiger partial charge is 0.113 e. The van der Waals surface area contributed by atoms with E-state index < -0.39 is 0 Å². The molecule has 1 aromatic rings. The van der Waals surface area contributed by atoms with Crippen molar-refractivity contribution in [3.05, 3.63) is 24.2 Å². The quantitative estimate of drug-likeness (QED) is 0.692. The summed E-state index contributed by atoms with van der Waals surface area (Å²) in [5.41, 5.74) is 5.83. The Bertz CT molecular complexity index is 250. The van der Waals surface area contributed by atoms with Crippen molar-refractivity contribution in [1.82, 2.24) is 4.90 Å². The molecule has 2 N–H and O–H groups in total. The molecule has 1 aliphatic rings. The fourth-order valence-corrected chi connectivity index (χ4v) is 1.95. The number of furan rings is 1. The summed E-state index contributed by atoms with van der Waals surface area (Å²) in [6.07, 6.45) is 1.71. The van der Waals surface area contributed by atoms with Gasteiger partial charge in [0.15, 0.2) is 0 Å².